The maximum Gasteiger partial charge on any atom is 0.311 e. The van der Waals surface area contributed by atoms with Gasteiger partial charge < -0.3 is 9.47 Å². The first-order chi connectivity index (χ1) is 14.9. The zero-order valence-corrected chi connectivity index (χ0v) is 18.1. The molecule has 0 radical (unpaired) electrons. The molecule has 0 spiro atoms. The van der Waals surface area contributed by atoms with E-state index < -0.39 is 4.92 Å². The Morgan fingerprint density at radius 1 is 1.19 bits per heavy atom. The summed E-state index contributed by atoms with van der Waals surface area (Å²) in [5, 5.41) is 17.2. The number of amides is 1. The Hall–Kier alpha value is -3.72. The van der Waals surface area contributed by atoms with Gasteiger partial charge in [-0.3, -0.25) is 14.9 Å². The molecule has 0 saturated carbocycles. The van der Waals surface area contributed by atoms with Gasteiger partial charge in [0.15, 0.2) is 5.75 Å². The lowest BCUT2D eigenvalue weighted by Gasteiger charge is -2.11. The fourth-order valence-electron chi connectivity index (χ4n) is 2.86. The van der Waals surface area contributed by atoms with Crippen LogP contribution in [0, 0.1) is 24.0 Å². The summed E-state index contributed by atoms with van der Waals surface area (Å²) in [5.41, 5.74) is 5.47. The van der Waals surface area contributed by atoms with Gasteiger partial charge in [0, 0.05) is 11.6 Å². The van der Waals surface area contributed by atoms with E-state index in [0.717, 1.165) is 11.1 Å². The van der Waals surface area contributed by atoms with Gasteiger partial charge in [-0.25, -0.2) is 5.43 Å². The van der Waals surface area contributed by atoms with E-state index >= 15 is 0 Å². The average molecular weight is 439 g/mol. The van der Waals surface area contributed by atoms with Crippen molar-refractivity contribution in [1.29, 1.82) is 0 Å². The zero-order valence-electron chi connectivity index (χ0n) is 17.2. The van der Waals surface area contributed by atoms with Crippen molar-refractivity contribution in [2.75, 3.05) is 7.11 Å². The number of aryl methyl sites for hydroxylation is 2. The number of nitro groups is 1. The van der Waals surface area contributed by atoms with Crippen LogP contribution in [0.1, 0.15) is 31.9 Å². The van der Waals surface area contributed by atoms with Crippen LogP contribution in [0.25, 0.3) is 0 Å². The Morgan fingerprint density at radius 2 is 1.97 bits per heavy atom. The Balaban J connectivity index is 1.73. The molecule has 8 nitrogen and oxygen atoms in total. The quantitative estimate of drug-likeness (QED) is 0.313. The summed E-state index contributed by atoms with van der Waals surface area (Å²) in [6.07, 6.45) is 1.51. The van der Waals surface area contributed by atoms with E-state index in [0.29, 0.717) is 21.8 Å². The van der Waals surface area contributed by atoms with Crippen LogP contribution in [0.5, 0.6) is 11.5 Å². The molecule has 3 rings (SSSR count). The molecule has 2 aromatic carbocycles. The SMILES string of the molecule is COc1ccc(C=NNC(=O)c2sccc2C)cc1COc1ccc(C)cc1[N+](=O)[O-]. The third-order valence-corrected chi connectivity index (χ3v) is 5.46. The Bertz CT molecular complexity index is 1140. The summed E-state index contributed by atoms with van der Waals surface area (Å²) >= 11 is 1.35. The zero-order chi connectivity index (χ0) is 22.4. The molecule has 9 heteroatoms. The summed E-state index contributed by atoms with van der Waals surface area (Å²) in [6, 6.07) is 12.0. The molecule has 0 bridgehead atoms. The lowest BCUT2D eigenvalue weighted by atomic mass is 10.1. The van der Waals surface area contributed by atoms with Gasteiger partial charge in [0.05, 0.1) is 23.1 Å². The molecule has 0 unspecified atom stereocenters. The van der Waals surface area contributed by atoms with Crippen LogP contribution in [0.2, 0.25) is 0 Å². The van der Waals surface area contributed by atoms with Crippen LogP contribution < -0.4 is 14.9 Å². The van der Waals surface area contributed by atoms with Gasteiger partial charge >= 0.3 is 5.69 Å². The normalized spacial score (nSPS) is 10.8. The molecule has 0 aliphatic rings. The maximum absolute atomic E-state index is 12.1. The van der Waals surface area contributed by atoms with Gasteiger partial charge in [0.25, 0.3) is 5.91 Å². The first kappa shape index (κ1) is 22.0. The molecule has 31 heavy (non-hydrogen) atoms. The number of nitro benzene ring substituents is 1. The van der Waals surface area contributed by atoms with Crippen LogP contribution in [0.3, 0.4) is 0 Å². The van der Waals surface area contributed by atoms with Crippen molar-refractivity contribution in [3.63, 3.8) is 0 Å². The van der Waals surface area contributed by atoms with E-state index in [1.54, 1.807) is 37.3 Å². The van der Waals surface area contributed by atoms with Crippen molar-refractivity contribution in [1.82, 2.24) is 5.43 Å². The van der Waals surface area contributed by atoms with E-state index in [2.05, 4.69) is 10.5 Å². The van der Waals surface area contributed by atoms with Gasteiger partial charge in [0.2, 0.25) is 0 Å². The number of methoxy groups -OCH3 is 1. The highest BCUT2D eigenvalue weighted by atomic mass is 32.1. The summed E-state index contributed by atoms with van der Waals surface area (Å²) in [4.78, 5) is 23.6. The molecule has 0 saturated heterocycles. The van der Waals surface area contributed by atoms with Gasteiger partial charge in [-0.15, -0.1) is 11.3 Å². The Morgan fingerprint density at radius 3 is 2.65 bits per heavy atom. The first-order valence-electron chi connectivity index (χ1n) is 9.31. The molecule has 3 aromatic rings. The molecule has 1 heterocycles. The summed E-state index contributed by atoms with van der Waals surface area (Å²) in [7, 11) is 1.53. The van der Waals surface area contributed by atoms with Crippen LogP contribution in [-0.2, 0) is 6.61 Å². The molecule has 1 N–H and O–H groups in total. The molecule has 1 aromatic heterocycles. The van der Waals surface area contributed by atoms with Gasteiger partial charge in [-0.1, -0.05) is 6.07 Å². The van der Waals surface area contributed by atoms with E-state index in [1.165, 1.54) is 30.7 Å². The highest BCUT2D eigenvalue weighted by Gasteiger charge is 2.16. The van der Waals surface area contributed by atoms with Crippen molar-refractivity contribution >= 4 is 29.1 Å². The number of carbonyl (C=O) groups is 1. The minimum Gasteiger partial charge on any atom is -0.496 e. The maximum atomic E-state index is 12.1. The number of hydrogen-bond acceptors (Lipinski definition) is 7. The largest absolute Gasteiger partial charge is 0.496 e. The van der Waals surface area contributed by atoms with Crippen LogP contribution in [-0.4, -0.2) is 24.2 Å². The third kappa shape index (κ3) is 5.46. The lowest BCUT2D eigenvalue weighted by Crippen LogP contribution is -2.17. The molecule has 1 amide bonds. The number of carbonyl (C=O) groups excluding carboxylic acids is 1. The number of benzene rings is 2. The standard InChI is InChI=1S/C22H21N3O5S/c1-14-4-6-20(18(10-14)25(27)28)30-13-17-11-16(5-7-19(17)29-3)12-23-24-22(26)21-15(2)8-9-31-21/h4-12H,13H2,1-3H3,(H,24,26). The predicted octanol–water partition coefficient (Wildman–Crippen LogP) is 4.62. The highest BCUT2D eigenvalue weighted by Crippen LogP contribution is 2.30. The number of nitrogens with one attached hydrogen (secondary N) is 1. The van der Waals surface area contributed by atoms with Crippen molar-refractivity contribution in [2.24, 2.45) is 5.10 Å². The molecule has 0 aliphatic heterocycles. The monoisotopic (exact) mass is 439 g/mol. The van der Waals surface area contributed by atoms with Crippen molar-refractivity contribution in [2.45, 2.75) is 20.5 Å². The molecule has 160 valence electrons. The second-order valence-corrected chi connectivity index (χ2v) is 7.64. The minimum atomic E-state index is -0.472. The van der Waals surface area contributed by atoms with Crippen LogP contribution >= 0.6 is 11.3 Å². The number of ether oxygens (including phenoxy) is 2. The number of hydrogen-bond donors (Lipinski definition) is 1. The second kappa shape index (κ2) is 9.86. The minimum absolute atomic E-state index is 0.0650. The Kier molecular flexibility index (Phi) is 6.99. The van der Waals surface area contributed by atoms with Crippen molar-refractivity contribution < 1.29 is 19.2 Å². The topological polar surface area (TPSA) is 103 Å². The molecule has 0 fully saturated rings. The number of thiophene rings is 1. The highest BCUT2D eigenvalue weighted by molar-refractivity contribution is 7.12. The van der Waals surface area contributed by atoms with E-state index in [4.69, 9.17) is 9.47 Å². The number of rotatable bonds is 8. The smallest absolute Gasteiger partial charge is 0.311 e. The molecular weight excluding hydrogens is 418 g/mol. The number of hydrazone groups is 1. The fourth-order valence-corrected chi connectivity index (χ4v) is 3.68. The lowest BCUT2D eigenvalue weighted by molar-refractivity contribution is -0.386. The van der Waals surface area contributed by atoms with Gasteiger partial charge in [0.1, 0.15) is 12.4 Å². The first-order valence-corrected chi connectivity index (χ1v) is 10.2. The predicted molar refractivity (Wildman–Crippen MR) is 119 cm³/mol. The van der Waals surface area contributed by atoms with E-state index in [9.17, 15) is 14.9 Å². The van der Waals surface area contributed by atoms with Crippen LogP contribution in [0.15, 0.2) is 52.9 Å². The van der Waals surface area contributed by atoms with Gasteiger partial charge in [-0.05, 0) is 66.2 Å². The van der Waals surface area contributed by atoms with E-state index in [-0.39, 0.29) is 24.0 Å². The second-order valence-electron chi connectivity index (χ2n) is 6.72. The van der Waals surface area contributed by atoms with E-state index in [1.807, 2.05) is 18.4 Å². The van der Waals surface area contributed by atoms with Crippen molar-refractivity contribution in [3.05, 3.63) is 85.1 Å². The Labute approximate surface area is 183 Å². The summed E-state index contributed by atoms with van der Waals surface area (Å²) < 4.78 is 11.1. The molecule has 0 aliphatic carbocycles. The van der Waals surface area contributed by atoms with Gasteiger partial charge in [-0.2, -0.15) is 5.10 Å². The average Bonchev–Trinajstić information content (AvgIpc) is 3.18. The van der Waals surface area contributed by atoms with Crippen LogP contribution in [0.4, 0.5) is 5.69 Å². The number of nitrogens with zero attached hydrogens (tertiary/aromatic N) is 2. The summed E-state index contributed by atoms with van der Waals surface area (Å²) in [6.45, 7) is 3.71. The molecule has 0 atom stereocenters. The van der Waals surface area contributed by atoms with Crippen molar-refractivity contribution in [3.8, 4) is 11.5 Å². The third-order valence-electron chi connectivity index (χ3n) is 4.45. The summed E-state index contributed by atoms with van der Waals surface area (Å²) in [5.74, 6) is 0.480. The molecular formula is C22H21N3O5S. The fraction of sp³-hybridized carbons (Fsp3) is 0.182.